The predicted molar refractivity (Wildman–Crippen MR) is 95.2 cm³/mol. The molecule has 0 unspecified atom stereocenters. The van der Waals surface area contributed by atoms with E-state index in [1.54, 1.807) is 6.92 Å². The van der Waals surface area contributed by atoms with Crippen molar-refractivity contribution in [3.05, 3.63) is 65.2 Å². The van der Waals surface area contributed by atoms with Crippen molar-refractivity contribution in [3.63, 3.8) is 0 Å². The Kier molecular flexibility index (Phi) is 4.79. The maximum Gasteiger partial charge on any atom is 0.322 e. The summed E-state index contributed by atoms with van der Waals surface area (Å²) in [5.74, 6) is -1.92. The summed E-state index contributed by atoms with van der Waals surface area (Å²) in [4.78, 5) is 31.0. The molecule has 0 atom stereocenters. The third-order valence-electron chi connectivity index (χ3n) is 3.90. The molecule has 2 aromatic carbocycles. The van der Waals surface area contributed by atoms with E-state index in [0.717, 1.165) is 16.3 Å². The largest absolute Gasteiger partial charge is 0.504 e. The smallest absolute Gasteiger partial charge is 0.322 e. The summed E-state index contributed by atoms with van der Waals surface area (Å²) < 4.78 is 0. The Bertz CT molecular complexity index is 1000. The van der Waals surface area contributed by atoms with Gasteiger partial charge in [0.05, 0.1) is 5.69 Å². The molecule has 3 N–H and O–H groups in total. The van der Waals surface area contributed by atoms with Crippen LogP contribution in [-0.2, 0) is 11.2 Å². The fourth-order valence-corrected chi connectivity index (χ4v) is 2.63. The number of amides is 1. The first-order valence-electron chi connectivity index (χ1n) is 7.98. The number of hydrogen-bond donors (Lipinski definition) is 3. The summed E-state index contributed by atoms with van der Waals surface area (Å²) in [7, 11) is 0. The number of carbonyl (C=O) groups excluding carboxylic acids is 1. The van der Waals surface area contributed by atoms with Gasteiger partial charge in [0.25, 0.3) is 5.91 Å². The first kappa shape index (κ1) is 17.3. The molecule has 0 aliphatic heterocycles. The molecule has 1 amide bonds. The number of rotatable bonds is 5. The lowest BCUT2D eigenvalue weighted by Crippen LogP contribution is -2.30. The lowest BCUT2D eigenvalue weighted by Gasteiger charge is -2.09. The first-order chi connectivity index (χ1) is 12.4. The number of aromatic nitrogens is 2. The molecular weight excluding hydrogens is 334 g/mol. The number of aliphatic carboxylic acids is 1. The molecule has 1 heterocycles. The molecule has 0 bridgehead atoms. The maximum absolute atomic E-state index is 12.1. The number of carboxylic acid groups (broad SMARTS) is 1. The molecule has 3 aromatic rings. The van der Waals surface area contributed by atoms with Crippen LogP contribution >= 0.6 is 0 Å². The summed E-state index contributed by atoms with van der Waals surface area (Å²) in [6.07, 6.45) is 0.380. The van der Waals surface area contributed by atoms with E-state index >= 15 is 0 Å². The zero-order chi connectivity index (χ0) is 18.7. The minimum atomic E-state index is -1.18. The Hall–Kier alpha value is -3.48. The van der Waals surface area contributed by atoms with Gasteiger partial charge >= 0.3 is 5.97 Å². The van der Waals surface area contributed by atoms with E-state index in [0.29, 0.717) is 12.2 Å². The predicted octanol–water partition coefficient (Wildman–Crippen LogP) is 2.05. The number of carbonyl (C=O) groups is 2. The zero-order valence-electron chi connectivity index (χ0n) is 14.1. The Morgan fingerprint density at radius 3 is 2.54 bits per heavy atom. The number of fused-ring (bicyclic) bond motifs is 1. The van der Waals surface area contributed by atoms with Crippen molar-refractivity contribution in [2.24, 2.45) is 0 Å². The van der Waals surface area contributed by atoms with Gasteiger partial charge in [0.1, 0.15) is 12.4 Å². The number of aryl methyl sites for hydroxylation is 1. The Labute approximate surface area is 149 Å². The third kappa shape index (κ3) is 3.77. The van der Waals surface area contributed by atoms with Crippen LogP contribution in [0.15, 0.2) is 42.5 Å². The highest BCUT2D eigenvalue weighted by Crippen LogP contribution is 2.21. The molecule has 0 saturated carbocycles. The number of carboxylic acids is 1. The SMILES string of the molecule is Cc1nc(Cc2ccc3ccccc3c2)nc(C(=O)NCC(=O)O)c1O. The van der Waals surface area contributed by atoms with Crippen LogP contribution in [0.2, 0.25) is 0 Å². The van der Waals surface area contributed by atoms with E-state index in [9.17, 15) is 14.7 Å². The number of nitrogens with zero attached hydrogens (tertiary/aromatic N) is 2. The monoisotopic (exact) mass is 351 g/mol. The van der Waals surface area contributed by atoms with E-state index < -0.39 is 18.4 Å². The third-order valence-corrected chi connectivity index (χ3v) is 3.90. The van der Waals surface area contributed by atoms with Crippen molar-refractivity contribution in [2.75, 3.05) is 6.54 Å². The topological polar surface area (TPSA) is 112 Å². The summed E-state index contributed by atoms with van der Waals surface area (Å²) >= 11 is 0. The first-order valence-corrected chi connectivity index (χ1v) is 7.98. The van der Waals surface area contributed by atoms with Gasteiger partial charge in [-0.05, 0) is 23.3 Å². The lowest BCUT2D eigenvalue weighted by atomic mass is 10.0. The zero-order valence-corrected chi connectivity index (χ0v) is 14.1. The Morgan fingerprint density at radius 1 is 1.08 bits per heavy atom. The van der Waals surface area contributed by atoms with Gasteiger partial charge in [0.2, 0.25) is 0 Å². The van der Waals surface area contributed by atoms with Crippen LogP contribution in [0.4, 0.5) is 0 Å². The summed E-state index contributed by atoms with van der Waals surface area (Å²) in [6.45, 7) is 1.01. The molecule has 132 valence electrons. The van der Waals surface area contributed by atoms with Gasteiger partial charge in [-0.15, -0.1) is 0 Å². The van der Waals surface area contributed by atoms with Crippen molar-refractivity contribution < 1.29 is 19.8 Å². The fourth-order valence-electron chi connectivity index (χ4n) is 2.63. The molecule has 0 aliphatic carbocycles. The van der Waals surface area contributed by atoms with Crippen molar-refractivity contribution in [2.45, 2.75) is 13.3 Å². The van der Waals surface area contributed by atoms with Crippen LogP contribution < -0.4 is 5.32 Å². The van der Waals surface area contributed by atoms with Crippen LogP contribution in [-0.4, -0.2) is 38.6 Å². The summed E-state index contributed by atoms with van der Waals surface area (Å²) in [5, 5.41) is 23.1. The van der Waals surface area contributed by atoms with Crippen LogP contribution in [0.5, 0.6) is 5.75 Å². The molecular formula is C19H17N3O4. The average molecular weight is 351 g/mol. The number of hydrogen-bond acceptors (Lipinski definition) is 5. The molecule has 3 rings (SSSR count). The highest BCUT2D eigenvalue weighted by Gasteiger charge is 2.18. The Balaban J connectivity index is 1.89. The molecule has 0 spiro atoms. The van der Waals surface area contributed by atoms with Crippen LogP contribution in [0.1, 0.15) is 27.6 Å². The van der Waals surface area contributed by atoms with Crippen molar-refractivity contribution in [1.82, 2.24) is 15.3 Å². The molecule has 0 fully saturated rings. The minimum Gasteiger partial charge on any atom is -0.504 e. The molecule has 0 aliphatic rings. The maximum atomic E-state index is 12.1. The van der Waals surface area contributed by atoms with Gasteiger partial charge in [-0.1, -0.05) is 42.5 Å². The van der Waals surface area contributed by atoms with Crippen LogP contribution in [0, 0.1) is 6.92 Å². The molecule has 0 radical (unpaired) electrons. The second kappa shape index (κ2) is 7.18. The van der Waals surface area contributed by atoms with Gasteiger partial charge < -0.3 is 15.5 Å². The number of nitrogens with one attached hydrogen (secondary N) is 1. The van der Waals surface area contributed by atoms with E-state index in [2.05, 4.69) is 15.3 Å². The fraction of sp³-hybridized carbons (Fsp3) is 0.158. The van der Waals surface area contributed by atoms with E-state index in [-0.39, 0.29) is 17.1 Å². The standard InChI is InChI=1S/C19H17N3O4/c1-11-18(25)17(19(26)20-10-16(23)24)22-15(21-11)9-12-6-7-13-4-2-3-5-14(13)8-12/h2-8,25H,9-10H2,1H3,(H,20,26)(H,23,24). The van der Waals surface area contributed by atoms with E-state index in [1.165, 1.54) is 0 Å². The second-order valence-electron chi connectivity index (χ2n) is 5.86. The van der Waals surface area contributed by atoms with Crippen LogP contribution in [0.25, 0.3) is 10.8 Å². The quantitative estimate of drug-likeness (QED) is 0.648. The van der Waals surface area contributed by atoms with Gasteiger partial charge in [-0.2, -0.15) is 0 Å². The van der Waals surface area contributed by atoms with Crippen molar-refractivity contribution in [1.29, 1.82) is 0 Å². The highest BCUT2D eigenvalue weighted by atomic mass is 16.4. The van der Waals surface area contributed by atoms with Crippen molar-refractivity contribution in [3.8, 4) is 5.75 Å². The molecule has 1 aromatic heterocycles. The molecule has 7 heteroatoms. The minimum absolute atomic E-state index is 0.227. The summed E-state index contributed by atoms with van der Waals surface area (Å²) in [6, 6.07) is 13.9. The number of aromatic hydroxyl groups is 1. The lowest BCUT2D eigenvalue weighted by molar-refractivity contribution is -0.135. The molecule has 26 heavy (non-hydrogen) atoms. The van der Waals surface area contributed by atoms with Gasteiger partial charge in [0, 0.05) is 6.42 Å². The summed E-state index contributed by atoms with van der Waals surface area (Å²) in [5.41, 5.74) is 0.997. The number of benzene rings is 2. The average Bonchev–Trinajstić information content (AvgIpc) is 2.62. The molecule has 0 saturated heterocycles. The van der Waals surface area contributed by atoms with Gasteiger partial charge in [0.15, 0.2) is 11.4 Å². The second-order valence-corrected chi connectivity index (χ2v) is 5.86. The Morgan fingerprint density at radius 2 is 1.81 bits per heavy atom. The van der Waals surface area contributed by atoms with Gasteiger partial charge in [-0.25, -0.2) is 9.97 Å². The van der Waals surface area contributed by atoms with E-state index in [1.807, 2.05) is 42.5 Å². The molecule has 7 nitrogen and oxygen atoms in total. The van der Waals surface area contributed by atoms with Crippen LogP contribution in [0.3, 0.4) is 0 Å². The van der Waals surface area contributed by atoms with E-state index in [4.69, 9.17) is 5.11 Å². The normalized spacial score (nSPS) is 10.7. The highest BCUT2D eigenvalue weighted by molar-refractivity contribution is 5.96. The van der Waals surface area contributed by atoms with Crippen molar-refractivity contribution >= 4 is 22.6 Å². The van der Waals surface area contributed by atoms with Gasteiger partial charge in [-0.3, -0.25) is 9.59 Å².